The third-order valence-electron chi connectivity index (χ3n) is 3.70. The summed E-state index contributed by atoms with van der Waals surface area (Å²) in [5.41, 5.74) is 1.17. The molecule has 0 fully saturated rings. The predicted molar refractivity (Wildman–Crippen MR) is 103 cm³/mol. The lowest BCUT2D eigenvalue weighted by Gasteiger charge is -2.11. The highest BCUT2D eigenvalue weighted by molar-refractivity contribution is 5.92. The van der Waals surface area contributed by atoms with E-state index in [-0.39, 0.29) is 11.6 Å². The van der Waals surface area contributed by atoms with Crippen LogP contribution >= 0.6 is 0 Å². The van der Waals surface area contributed by atoms with E-state index in [9.17, 15) is 14.9 Å². The highest BCUT2D eigenvalue weighted by Crippen LogP contribution is 2.28. The fourth-order valence-electron chi connectivity index (χ4n) is 2.36. The molecule has 0 radical (unpaired) electrons. The van der Waals surface area contributed by atoms with Gasteiger partial charge in [-0.1, -0.05) is 25.1 Å². The van der Waals surface area contributed by atoms with E-state index < -0.39 is 4.92 Å². The van der Waals surface area contributed by atoms with Gasteiger partial charge in [0, 0.05) is 18.7 Å². The molecule has 0 saturated carbocycles. The molecule has 1 amide bonds. The summed E-state index contributed by atoms with van der Waals surface area (Å²) in [5.74, 6) is 0.912. The third-order valence-corrected chi connectivity index (χ3v) is 3.70. The van der Waals surface area contributed by atoms with E-state index in [1.807, 2.05) is 13.0 Å². The van der Waals surface area contributed by atoms with Crippen molar-refractivity contribution in [3.63, 3.8) is 0 Å². The largest absolute Gasteiger partial charge is 0.493 e. The van der Waals surface area contributed by atoms with Gasteiger partial charge in [-0.3, -0.25) is 14.9 Å². The normalized spacial score (nSPS) is 10.6. The average molecular weight is 370 g/mol. The Morgan fingerprint density at radius 2 is 2.00 bits per heavy atom. The maximum atomic E-state index is 12.0. The minimum atomic E-state index is -0.480. The molecule has 27 heavy (non-hydrogen) atoms. The number of carbonyl (C=O) groups is 1. The van der Waals surface area contributed by atoms with E-state index in [1.165, 1.54) is 18.2 Å². The molecule has 0 bridgehead atoms. The molecule has 0 heterocycles. The van der Waals surface area contributed by atoms with Gasteiger partial charge in [-0.15, -0.1) is 0 Å². The van der Waals surface area contributed by atoms with E-state index in [0.717, 1.165) is 12.0 Å². The minimum absolute atomic E-state index is 0.0473. The minimum Gasteiger partial charge on any atom is -0.493 e. The molecule has 7 nitrogen and oxygen atoms in total. The smallest absolute Gasteiger partial charge is 0.276 e. The highest BCUT2D eigenvalue weighted by atomic mass is 16.6. The molecule has 2 aromatic carbocycles. The zero-order chi connectivity index (χ0) is 19.6. The van der Waals surface area contributed by atoms with Gasteiger partial charge in [0.25, 0.3) is 5.69 Å². The lowest BCUT2D eigenvalue weighted by molar-refractivity contribution is -0.385. The molecule has 0 spiro atoms. The Morgan fingerprint density at radius 1 is 1.22 bits per heavy atom. The molecule has 2 rings (SSSR count). The van der Waals surface area contributed by atoms with Crippen LogP contribution in [0.4, 0.5) is 5.69 Å². The van der Waals surface area contributed by atoms with Crippen LogP contribution in [0, 0.1) is 10.1 Å². The molecule has 0 unspecified atom stereocenters. The first-order valence-electron chi connectivity index (χ1n) is 8.54. The lowest BCUT2D eigenvalue weighted by Crippen LogP contribution is -2.20. The number of nitrogens with zero attached hydrogens (tertiary/aromatic N) is 1. The van der Waals surface area contributed by atoms with Crippen LogP contribution < -0.4 is 14.8 Å². The Kier molecular flexibility index (Phi) is 7.37. The predicted octanol–water partition coefficient (Wildman–Crippen LogP) is 3.72. The number of benzene rings is 2. The number of para-hydroxylation sites is 1. The highest BCUT2D eigenvalue weighted by Gasteiger charge is 2.10. The molecular weight excluding hydrogens is 348 g/mol. The molecule has 0 saturated heterocycles. The number of amides is 1. The monoisotopic (exact) mass is 370 g/mol. The summed E-state index contributed by atoms with van der Waals surface area (Å²) in [4.78, 5) is 22.5. The Balaban J connectivity index is 1.98. The van der Waals surface area contributed by atoms with Crippen molar-refractivity contribution in [2.24, 2.45) is 0 Å². The van der Waals surface area contributed by atoms with Gasteiger partial charge in [0.1, 0.15) is 0 Å². The van der Waals surface area contributed by atoms with Gasteiger partial charge < -0.3 is 14.8 Å². The lowest BCUT2D eigenvalue weighted by atomic mass is 10.1. The Hall–Kier alpha value is -3.35. The van der Waals surface area contributed by atoms with Gasteiger partial charge in [-0.2, -0.15) is 0 Å². The second kappa shape index (κ2) is 9.96. The molecule has 0 aliphatic heterocycles. The van der Waals surface area contributed by atoms with Gasteiger partial charge >= 0.3 is 0 Å². The zero-order valence-electron chi connectivity index (χ0n) is 15.3. The average Bonchev–Trinajstić information content (AvgIpc) is 2.69. The second-order valence-corrected chi connectivity index (χ2v) is 5.70. The van der Waals surface area contributed by atoms with E-state index in [0.29, 0.717) is 30.2 Å². The fourth-order valence-corrected chi connectivity index (χ4v) is 2.36. The van der Waals surface area contributed by atoms with Crippen molar-refractivity contribution in [2.75, 3.05) is 13.7 Å². The fraction of sp³-hybridized carbons (Fsp3) is 0.250. The quantitative estimate of drug-likeness (QED) is 0.413. The van der Waals surface area contributed by atoms with Crippen LogP contribution in [0.5, 0.6) is 11.5 Å². The van der Waals surface area contributed by atoms with Crippen LogP contribution in [0.25, 0.3) is 6.08 Å². The number of hydrogen-bond acceptors (Lipinski definition) is 5. The van der Waals surface area contributed by atoms with Crippen molar-refractivity contribution >= 4 is 17.7 Å². The number of hydrogen-bond donors (Lipinski definition) is 1. The van der Waals surface area contributed by atoms with Crippen molar-refractivity contribution in [3.05, 3.63) is 69.8 Å². The topological polar surface area (TPSA) is 90.7 Å². The van der Waals surface area contributed by atoms with E-state index in [1.54, 1.807) is 37.4 Å². The summed E-state index contributed by atoms with van der Waals surface area (Å²) in [6.45, 7) is 2.92. The molecular formula is C20H22N2O5. The zero-order valence-corrected chi connectivity index (χ0v) is 15.3. The first-order valence-corrected chi connectivity index (χ1v) is 8.54. The summed E-state index contributed by atoms with van der Waals surface area (Å²) in [6, 6.07) is 11.7. The van der Waals surface area contributed by atoms with Gasteiger partial charge in [0.15, 0.2) is 11.5 Å². The molecule has 0 aliphatic rings. The van der Waals surface area contributed by atoms with Gasteiger partial charge in [0.05, 0.1) is 24.2 Å². The van der Waals surface area contributed by atoms with Crippen molar-refractivity contribution in [3.8, 4) is 11.5 Å². The molecule has 0 atom stereocenters. The number of ether oxygens (including phenoxy) is 2. The van der Waals surface area contributed by atoms with Crippen molar-refractivity contribution in [1.29, 1.82) is 0 Å². The van der Waals surface area contributed by atoms with E-state index >= 15 is 0 Å². The van der Waals surface area contributed by atoms with Crippen LogP contribution in [0.2, 0.25) is 0 Å². The maximum absolute atomic E-state index is 12.0. The first kappa shape index (κ1) is 20.0. The van der Waals surface area contributed by atoms with Gasteiger partial charge in [-0.05, 0) is 36.3 Å². The number of nitro benzene ring substituents is 1. The molecule has 0 aromatic heterocycles. The molecule has 0 aliphatic carbocycles. The van der Waals surface area contributed by atoms with E-state index in [2.05, 4.69) is 5.32 Å². The number of carbonyl (C=O) groups excluding carboxylic acids is 1. The molecule has 2 aromatic rings. The van der Waals surface area contributed by atoms with Crippen LogP contribution in [0.3, 0.4) is 0 Å². The van der Waals surface area contributed by atoms with Gasteiger partial charge in [-0.25, -0.2) is 0 Å². The van der Waals surface area contributed by atoms with Crippen LogP contribution in [-0.4, -0.2) is 24.5 Å². The van der Waals surface area contributed by atoms with Gasteiger partial charge in [0.2, 0.25) is 5.91 Å². The van der Waals surface area contributed by atoms with Crippen LogP contribution in [0.15, 0.2) is 48.5 Å². The summed E-state index contributed by atoms with van der Waals surface area (Å²) in [5, 5.41) is 13.7. The maximum Gasteiger partial charge on any atom is 0.276 e. The van der Waals surface area contributed by atoms with Crippen molar-refractivity contribution in [1.82, 2.24) is 5.32 Å². The standard InChI is InChI=1S/C20H22N2O5/c1-3-12-27-18-10-8-15(13-19(18)26-2)14-21-20(23)11-9-16-6-4-5-7-17(16)22(24)25/h4-11,13H,3,12,14H2,1-2H3,(H,21,23)/b11-9+. The number of nitro groups is 1. The Morgan fingerprint density at radius 3 is 2.70 bits per heavy atom. The van der Waals surface area contributed by atoms with E-state index in [4.69, 9.17) is 9.47 Å². The second-order valence-electron chi connectivity index (χ2n) is 5.70. The van der Waals surface area contributed by atoms with Crippen molar-refractivity contribution in [2.45, 2.75) is 19.9 Å². The summed E-state index contributed by atoms with van der Waals surface area (Å²) in [6.07, 6.45) is 3.60. The molecule has 1 N–H and O–H groups in total. The number of rotatable bonds is 9. The summed E-state index contributed by atoms with van der Waals surface area (Å²) >= 11 is 0. The SMILES string of the molecule is CCCOc1ccc(CNC(=O)/C=C/c2ccccc2[N+](=O)[O-])cc1OC. The Bertz CT molecular complexity index is 833. The molecule has 7 heteroatoms. The molecule has 142 valence electrons. The first-order chi connectivity index (χ1) is 13.0. The summed E-state index contributed by atoms with van der Waals surface area (Å²) < 4.78 is 10.9. The number of nitrogens with one attached hydrogen (secondary N) is 1. The number of methoxy groups -OCH3 is 1. The third kappa shape index (κ3) is 5.85. The Labute approximate surface area is 157 Å². The van der Waals surface area contributed by atoms with Crippen LogP contribution in [0.1, 0.15) is 24.5 Å². The summed E-state index contributed by atoms with van der Waals surface area (Å²) in [7, 11) is 1.56. The van der Waals surface area contributed by atoms with Crippen LogP contribution in [-0.2, 0) is 11.3 Å². The van der Waals surface area contributed by atoms with Crippen molar-refractivity contribution < 1.29 is 19.2 Å².